The highest BCUT2D eigenvalue weighted by atomic mass is 16.5. The van der Waals surface area contributed by atoms with Gasteiger partial charge in [-0.05, 0) is 24.0 Å². The maximum absolute atomic E-state index is 11.0. The second kappa shape index (κ2) is 15.6. The molecule has 35 heavy (non-hydrogen) atoms. The van der Waals surface area contributed by atoms with E-state index in [9.17, 15) is 4.79 Å². The van der Waals surface area contributed by atoms with E-state index in [1.807, 2.05) is 0 Å². The van der Waals surface area contributed by atoms with Crippen LogP contribution in [0.2, 0.25) is 0 Å². The lowest BCUT2D eigenvalue weighted by Gasteiger charge is -2.03. The van der Waals surface area contributed by atoms with E-state index >= 15 is 0 Å². The summed E-state index contributed by atoms with van der Waals surface area (Å²) in [5.74, 6) is -0.317. The fourth-order valence-corrected chi connectivity index (χ4v) is 4.21. The number of ether oxygens (including phenoxy) is 1. The van der Waals surface area contributed by atoms with Gasteiger partial charge in [-0.25, -0.2) is 13.9 Å². The first-order valence-electron chi connectivity index (χ1n) is 13.1. The zero-order chi connectivity index (χ0) is 24.6. The summed E-state index contributed by atoms with van der Waals surface area (Å²) in [6.07, 6.45) is 21.0. The van der Waals surface area contributed by atoms with Gasteiger partial charge in [0.05, 0.1) is 6.61 Å². The summed E-state index contributed by atoms with van der Waals surface area (Å²) in [5.41, 5.74) is 3.82. The van der Waals surface area contributed by atoms with Gasteiger partial charge in [0.25, 0.3) is 0 Å². The quantitative estimate of drug-likeness (QED) is 0.107. The minimum absolute atomic E-state index is 0.317. The van der Waals surface area contributed by atoms with E-state index in [4.69, 9.17) is 4.74 Å². The third kappa shape index (κ3) is 10.3. The molecule has 4 heteroatoms. The highest BCUT2D eigenvalue weighted by Crippen LogP contribution is 2.16. The summed E-state index contributed by atoms with van der Waals surface area (Å²) in [4.78, 5) is 11.0. The van der Waals surface area contributed by atoms with E-state index in [1.165, 1.54) is 67.7 Å². The number of esters is 1. The molecule has 2 heterocycles. The van der Waals surface area contributed by atoms with Gasteiger partial charge >= 0.3 is 5.97 Å². The lowest BCUT2D eigenvalue weighted by atomic mass is 10.1. The third-order valence-corrected chi connectivity index (χ3v) is 6.30. The monoisotopic (exact) mass is 472 g/mol. The minimum atomic E-state index is -0.317. The van der Waals surface area contributed by atoms with Crippen molar-refractivity contribution in [2.24, 2.45) is 0 Å². The van der Waals surface area contributed by atoms with E-state index in [0.717, 1.165) is 25.9 Å². The molecule has 2 aromatic heterocycles. The Kier molecular flexibility index (Phi) is 11.7. The first-order valence-corrected chi connectivity index (χ1v) is 13.1. The van der Waals surface area contributed by atoms with Gasteiger partial charge < -0.3 is 4.74 Å². The molecule has 0 unspecified atom stereocenters. The van der Waals surface area contributed by atoms with Crippen LogP contribution in [0.15, 0.2) is 92.0 Å². The van der Waals surface area contributed by atoms with Crippen molar-refractivity contribution in [3.63, 3.8) is 0 Å². The zero-order valence-corrected chi connectivity index (χ0v) is 21.0. The molecule has 0 atom stereocenters. The summed E-state index contributed by atoms with van der Waals surface area (Å²) in [5, 5.41) is 0. The lowest BCUT2D eigenvalue weighted by Crippen LogP contribution is -2.33. The van der Waals surface area contributed by atoms with E-state index < -0.39 is 0 Å². The molecule has 0 aliphatic rings. The van der Waals surface area contributed by atoms with Gasteiger partial charge in [0.15, 0.2) is 31.3 Å². The molecule has 0 N–H and O–H groups in total. The zero-order valence-electron chi connectivity index (χ0n) is 21.0. The summed E-state index contributed by atoms with van der Waals surface area (Å²) in [7, 11) is 0. The van der Waals surface area contributed by atoms with Crippen molar-refractivity contribution in [1.29, 1.82) is 0 Å². The van der Waals surface area contributed by atoms with Crippen molar-refractivity contribution < 1.29 is 18.7 Å². The van der Waals surface area contributed by atoms with Crippen LogP contribution in [0.1, 0.15) is 63.4 Å². The number of aryl methyl sites for hydroxylation is 1. The highest BCUT2D eigenvalue weighted by molar-refractivity contribution is 5.81. The molecule has 0 radical (unpaired) electrons. The van der Waals surface area contributed by atoms with Crippen LogP contribution in [0.4, 0.5) is 0 Å². The molecule has 0 saturated heterocycles. The summed E-state index contributed by atoms with van der Waals surface area (Å²) < 4.78 is 9.50. The van der Waals surface area contributed by atoms with Gasteiger partial charge in [-0.15, -0.1) is 0 Å². The van der Waals surface area contributed by atoms with Crippen LogP contribution >= 0.6 is 0 Å². The highest BCUT2D eigenvalue weighted by Gasteiger charge is 2.06. The number of hydrogen-bond donors (Lipinski definition) is 0. The number of carbonyl (C=O) groups excluding carboxylic acids is 1. The van der Waals surface area contributed by atoms with Crippen LogP contribution in [-0.4, -0.2) is 12.6 Å². The van der Waals surface area contributed by atoms with E-state index in [1.54, 1.807) is 0 Å². The number of aromatic nitrogens is 2. The molecule has 0 bridgehead atoms. The molecule has 0 fully saturated rings. The average Bonchev–Trinajstić information content (AvgIpc) is 2.90. The summed E-state index contributed by atoms with van der Waals surface area (Å²) in [6.45, 7) is 5.89. The van der Waals surface area contributed by atoms with Gasteiger partial charge in [-0.2, -0.15) is 0 Å². The largest absolute Gasteiger partial charge is 0.463 e. The van der Waals surface area contributed by atoms with Gasteiger partial charge in [0, 0.05) is 42.3 Å². The fourth-order valence-electron chi connectivity index (χ4n) is 4.21. The Morgan fingerprint density at radius 2 is 1.20 bits per heavy atom. The van der Waals surface area contributed by atoms with Crippen LogP contribution in [-0.2, 0) is 22.6 Å². The number of pyridine rings is 2. The normalized spacial score (nSPS) is 10.7. The first-order chi connectivity index (χ1) is 17.2. The topological polar surface area (TPSA) is 34.1 Å². The number of hydrogen-bond acceptors (Lipinski definition) is 2. The summed E-state index contributed by atoms with van der Waals surface area (Å²) in [6, 6.07) is 19.4. The molecule has 0 amide bonds. The smallest absolute Gasteiger partial charge is 0.330 e. The third-order valence-electron chi connectivity index (χ3n) is 6.30. The van der Waals surface area contributed by atoms with Crippen LogP contribution in [0.3, 0.4) is 0 Å². The number of unbranched alkanes of at least 4 members (excludes halogenated alkanes) is 8. The molecule has 0 aliphatic carbocycles. The molecule has 0 spiro atoms. The molecular formula is C31H40N2O2+2. The molecule has 184 valence electrons. The molecule has 3 rings (SSSR count). The molecule has 0 saturated carbocycles. The Morgan fingerprint density at radius 1 is 0.686 bits per heavy atom. The maximum atomic E-state index is 11.0. The Labute approximate surface area is 210 Å². The predicted octanol–water partition coefficient (Wildman–Crippen LogP) is 6.22. The van der Waals surface area contributed by atoms with Crippen molar-refractivity contribution in [2.75, 3.05) is 6.61 Å². The molecular weight excluding hydrogens is 432 g/mol. The van der Waals surface area contributed by atoms with E-state index in [2.05, 4.69) is 95.1 Å². The van der Waals surface area contributed by atoms with Crippen LogP contribution in [0, 0.1) is 0 Å². The Balaban J connectivity index is 1.25. The van der Waals surface area contributed by atoms with Crippen molar-refractivity contribution in [3.8, 4) is 11.1 Å². The standard InChI is InChI=1S/C31H40N2O2/c1-2-31(34)35-26-14-9-7-5-3-4-6-8-13-21-32-22-17-29(18-23-32)30-19-24-33(25-20-30)27-28-15-11-10-12-16-28/h2,10-12,15-20,22-25H,1,3-9,13-14,21,26-27H2/q+2. The van der Waals surface area contributed by atoms with Crippen molar-refractivity contribution >= 4 is 5.97 Å². The lowest BCUT2D eigenvalue weighted by molar-refractivity contribution is -0.697. The average molecular weight is 473 g/mol. The Morgan fingerprint density at radius 3 is 1.77 bits per heavy atom. The van der Waals surface area contributed by atoms with Crippen LogP contribution in [0.25, 0.3) is 11.1 Å². The molecule has 3 aromatic rings. The SMILES string of the molecule is C=CC(=O)OCCCCCCCCCCC[n+]1ccc(-c2cc[n+](Cc3ccccc3)cc2)cc1. The number of benzene rings is 1. The number of rotatable bonds is 16. The van der Waals surface area contributed by atoms with Crippen molar-refractivity contribution in [3.05, 3.63) is 97.6 Å². The second-order valence-electron chi connectivity index (χ2n) is 9.12. The first kappa shape index (κ1) is 26.3. The predicted molar refractivity (Wildman–Crippen MR) is 141 cm³/mol. The minimum Gasteiger partial charge on any atom is -0.463 e. The second-order valence-corrected chi connectivity index (χ2v) is 9.12. The Hall–Kier alpha value is -3.27. The van der Waals surface area contributed by atoms with Crippen molar-refractivity contribution in [1.82, 2.24) is 0 Å². The maximum Gasteiger partial charge on any atom is 0.330 e. The Bertz CT molecular complexity index is 998. The fraction of sp³-hybridized carbons (Fsp3) is 0.387. The molecule has 4 nitrogen and oxygen atoms in total. The molecule has 1 aromatic carbocycles. The van der Waals surface area contributed by atoms with Crippen LogP contribution < -0.4 is 9.13 Å². The number of carbonyl (C=O) groups is 1. The van der Waals surface area contributed by atoms with Crippen LogP contribution in [0.5, 0.6) is 0 Å². The van der Waals surface area contributed by atoms with E-state index in [0.29, 0.717) is 6.61 Å². The van der Waals surface area contributed by atoms with Gasteiger partial charge in [0.2, 0.25) is 0 Å². The van der Waals surface area contributed by atoms with Gasteiger partial charge in [-0.1, -0.05) is 75.4 Å². The summed E-state index contributed by atoms with van der Waals surface area (Å²) >= 11 is 0. The van der Waals surface area contributed by atoms with Gasteiger partial charge in [-0.3, -0.25) is 0 Å². The number of nitrogens with zero attached hydrogens (tertiary/aromatic N) is 2. The van der Waals surface area contributed by atoms with E-state index in [-0.39, 0.29) is 5.97 Å². The van der Waals surface area contributed by atoms with Gasteiger partial charge in [0.1, 0.15) is 6.54 Å². The van der Waals surface area contributed by atoms with Crippen molar-refractivity contribution in [2.45, 2.75) is 70.9 Å². The molecule has 0 aliphatic heterocycles.